The van der Waals surface area contributed by atoms with Crippen LogP contribution in [0.3, 0.4) is 0 Å². The van der Waals surface area contributed by atoms with Gasteiger partial charge in [-0.05, 0) is 31.5 Å². The lowest BCUT2D eigenvalue weighted by Crippen LogP contribution is -2.42. The van der Waals surface area contributed by atoms with Crippen LogP contribution in [0.2, 0.25) is 0 Å². The van der Waals surface area contributed by atoms with Crippen LogP contribution in [0.5, 0.6) is 0 Å². The van der Waals surface area contributed by atoms with Crippen LogP contribution in [0.25, 0.3) is 10.4 Å². The third kappa shape index (κ3) is 4.18. The highest BCUT2D eigenvalue weighted by molar-refractivity contribution is 7.15. The number of amides is 1. The van der Waals surface area contributed by atoms with Gasteiger partial charge in [-0.2, -0.15) is 0 Å². The Bertz CT molecular complexity index is 575. The molecule has 0 fully saturated rings. The molecule has 20 heavy (non-hydrogen) atoms. The van der Waals surface area contributed by atoms with Crippen LogP contribution in [0, 0.1) is 0 Å². The Hall–Kier alpha value is -1.65. The Labute approximate surface area is 123 Å². The standard InChI is InChI=1S/C16H20N2OS/c1-16(2,10-15(17)19)18-11-13-8-9-14(20-13)12-6-4-3-5-7-12/h3-9,18H,10-11H2,1-2H3,(H2,17,19). The van der Waals surface area contributed by atoms with Gasteiger partial charge in [-0.15, -0.1) is 11.3 Å². The molecule has 2 rings (SSSR count). The topological polar surface area (TPSA) is 55.1 Å². The smallest absolute Gasteiger partial charge is 0.219 e. The first-order valence-electron chi connectivity index (χ1n) is 6.64. The fraction of sp³-hybridized carbons (Fsp3) is 0.312. The Balaban J connectivity index is 1.99. The van der Waals surface area contributed by atoms with Crippen LogP contribution in [0.4, 0.5) is 0 Å². The fourth-order valence-corrected chi connectivity index (χ4v) is 3.01. The molecule has 0 bridgehead atoms. The van der Waals surface area contributed by atoms with Crippen molar-refractivity contribution in [2.24, 2.45) is 5.73 Å². The van der Waals surface area contributed by atoms with E-state index in [-0.39, 0.29) is 11.4 Å². The van der Waals surface area contributed by atoms with E-state index >= 15 is 0 Å². The third-order valence-electron chi connectivity index (χ3n) is 3.08. The average Bonchev–Trinajstić information content (AvgIpc) is 2.85. The van der Waals surface area contributed by atoms with Gasteiger partial charge in [0.25, 0.3) is 0 Å². The summed E-state index contributed by atoms with van der Waals surface area (Å²) in [5.41, 5.74) is 6.21. The summed E-state index contributed by atoms with van der Waals surface area (Å²) in [6, 6.07) is 14.6. The lowest BCUT2D eigenvalue weighted by molar-refractivity contribution is -0.119. The number of carbonyl (C=O) groups excluding carboxylic acids is 1. The first-order valence-corrected chi connectivity index (χ1v) is 7.45. The van der Waals surface area contributed by atoms with Gasteiger partial charge in [0.15, 0.2) is 0 Å². The zero-order valence-corrected chi connectivity index (χ0v) is 12.7. The minimum atomic E-state index is -0.279. The fourth-order valence-electron chi connectivity index (χ4n) is 2.05. The summed E-state index contributed by atoms with van der Waals surface area (Å²) < 4.78 is 0. The number of rotatable bonds is 6. The van der Waals surface area contributed by atoms with Crippen LogP contribution in [0.15, 0.2) is 42.5 Å². The molecular formula is C16H20N2OS. The van der Waals surface area contributed by atoms with Crippen LogP contribution < -0.4 is 11.1 Å². The Morgan fingerprint density at radius 2 is 1.90 bits per heavy atom. The Kier molecular flexibility index (Phi) is 4.57. The van der Waals surface area contributed by atoms with Gasteiger partial charge >= 0.3 is 0 Å². The molecule has 0 spiro atoms. The van der Waals surface area contributed by atoms with Crippen LogP contribution in [0.1, 0.15) is 25.1 Å². The molecule has 0 aliphatic rings. The molecule has 1 heterocycles. The van der Waals surface area contributed by atoms with Gasteiger partial charge in [-0.3, -0.25) is 4.79 Å². The molecule has 0 aliphatic carbocycles. The lowest BCUT2D eigenvalue weighted by Gasteiger charge is -2.24. The van der Waals surface area contributed by atoms with Crippen molar-refractivity contribution in [2.75, 3.05) is 0 Å². The molecule has 1 amide bonds. The molecule has 0 aliphatic heterocycles. The highest BCUT2D eigenvalue weighted by Gasteiger charge is 2.19. The summed E-state index contributed by atoms with van der Waals surface area (Å²) in [5, 5.41) is 3.38. The summed E-state index contributed by atoms with van der Waals surface area (Å²) >= 11 is 1.77. The number of hydrogen-bond donors (Lipinski definition) is 2. The first kappa shape index (κ1) is 14.8. The minimum Gasteiger partial charge on any atom is -0.370 e. The molecule has 106 valence electrons. The van der Waals surface area contributed by atoms with E-state index in [9.17, 15) is 4.79 Å². The van der Waals surface area contributed by atoms with E-state index in [2.05, 4.69) is 29.6 Å². The second-order valence-corrected chi connectivity index (χ2v) is 6.68. The summed E-state index contributed by atoms with van der Waals surface area (Å²) in [4.78, 5) is 13.5. The number of primary amides is 1. The monoisotopic (exact) mass is 288 g/mol. The van der Waals surface area contributed by atoms with Gasteiger partial charge in [0.1, 0.15) is 0 Å². The summed E-state index contributed by atoms with van der Waals surface area (Å²) in [5.74, 6) is -0.279. The second-order valence-electron chi connectivity index (χ2n) is 5.51. The highest BCUT2D eigenvalue weighted by Crippen LogP contribution is 2.28. The van der Waals surface area contributed by atoms with E-state index in [1.54, 1.807) is 11.3 Å². The van der Waals surface area contributed by atoms with Crippen molar-refractivity contribution in [3.63, 3.8) is 0 Å². The zero-order chi connectivity index (χ0) is 14.6. The maximum absolute atomic E-state index is 11.0. The maximum Gasteiger partial charge on any atom is 0.219 e. The van der Waals surface area contributed by atoms with Gasteiger partial charge in [-0.1, -0.05) is 30.3 Å². The van der Waals surface area contributed by atoms with Crippen molar-refractivity contribution in [1.29, 1.82) is 0 Å². The van der Waals surface area contributed by atoms with E-state index < -0.39 is 0 Å². The molecule has 0 saturated heterocycles. The molecule has 0 radical (unpaired) electrons. The van der Waals surface area contributed by atoms with E-state index in [1.165, 1.54) is 15.3 Å². The average molecular weight is 288 g/mol. The minimum absolute atomic E-state index is 0.275. The van der Waals surface area contributed by atoms with Gasteiger partial charge in [-0.25, -0.2) is 0 Å². The summed E-state index contributed by atoms with van der Waals surface area (Å²) in [6.45, 7) is 4.73. The van der Waals surface area contributed by atoms with Crippen LogP contribution in [-0.4, -0.2) is 11.4 Å². The largest absolute Gasteiger partial charge is 0.370 e. The predicted octanol–water partition coefficient (Wildman–Crippen LogP) is 3.16. The van der Waals surface area contributed by atoms with Crippen LogP contribution in [-0.2, 0) is 11.3 Å². The zero-order valence-electron chi connectivity index (χ0n) is 11.8. The molecular weight excluding hydrogens is 268 g/mol. The number of nitrogens with one attached hydrogen (secondary N) is 1. The quantitative estimate of drug-likeness (QED) is 0.858. The summed E-state index contributed by atoms with van der Waals surface area (Å²) in [7, 11) is 0. The van der Waals surface area contributed by atoms with Crippen molar-refractivity contribution in [1.82, 2.24) is 5.32 Å². The molecule has 0 saturated carbocycles. The van der Waals surface area contributed by atoms with Crippen molar-refractivity contribution < 1.29 is 4.79 Å². The van der Waals surface area contributed by atoms with Gasteiger partial charge in [0.05, 0.1) is 0 Å². The maximum atomic E-state index is 11.0. The number of benzene rings is 1. The van der Waals surface area contributed by atoms with Crippen molar-refractivity contribution in [3.8, 4) is 10.4 Å². The molecule has 3 nitrogen and oxygen atoms in total. The molecule has 3 N–H and O–H groups in total. The number of hydrogen-bond acceptors (Lipinski definition) is 3. The van der Waals surface area contributed by atoms with Crippen molar-refractivity contribution in [2.45, 2.75) is 32.4 Å². The predicted molar refractivity (Wildman–Crippen MR) is 84.5 cm³/mol. The van der Waals surface area contributed by atoms with Crippen LogP contribution >= 0.6 is 11.3 Å². The molecule has 1 aromatic heterocycles. The van der Waals surface area contributed by atoms with Gasteiger partial charge in [0.2, 0.25) is 5.91 Å². The highest BCUT2D eigenvalue weighted by atomic mass is 32.1. The number of thiophene rings is 1. The normalized spacial score (nSPS) is 11.5. The Morgan fingerprint density at radius 1 is 1.20 bits per heavy atom. The molecule has 0 atom stereocenters. The van der Waals surface area contributed by atoms with Gasteiger partial charge < -0.3 is 11.1 Å². The molecule has 2 aromatic rings. The SMILES string of the molecule is CC(C)(CC(N)=O)NCc1ccc(-c2ccccc2)s1. The molecule has 1 aromatic carbocycles. The Morgan fingerprint density at radius 3 is 2.55 bits per heavy atom. The molecule has 4 heteroatoms. The van der Waals surface area contributed by atoms with E-state index in [1.807, 2.05) is 32.0 Å². The molecule has 0 unspecified atom stereocenters. The van der Waals surface area contributed by atoms with E-state index in [0.717, 1.165) is 6.54 Å². The number of nitrogens with two attached hydrogens (primary N) is 1. The summed E-state index contributed by atoms with van der Waals surface area (Å²) in [6.07, 6.45) is 0.337. The van der Waals surface area contributed by atoms with Crippen molar-refractivity contribution >= 4 is 17.2 Å². The first-order chi connectivity index (χ1) is 9.46. The third-order valence-corrected chi connectivity index (χ3v) is 4.21. The van der Waals surface area contributed by atoms with E-state index in [4.69, 9.17) is 5.73 Å². The van der Waals surface area contributed by atoms with Crippen molar-refractivity contribution in [3.05, 3.63) is 47.3 Å². The number of carbonyl (C=O) groups is 1. The lowest BCUT2D eigenvalue weighted by atomic mass is 10.0. The van der Waals surface area contributed by atoms with Gasteiger partial charge in [0, 0.05) is 28.3 Å². The van der Waals surface area contributed by atoms with E-state index in [0.29, 0.717) is 6.42 Å². The second kappa shape index (κ2) is 6.20.